The highest BCUT2D eigenvalue weighted by Crippen LogP contribution is 2.22. The molecule has 1 fully saturated rings. The van der Waals surface area contributed by atoms with E-state index < -0.39 is 0 Å². The molecule has 1 aromatic rings. The zero-order chi connectivity index (χ0) is 13.8. The van der Waals surface area contributed by atoms with Gasteiger partial charge in [-0.2, -0.15) is 0 Å². The fourth-order valence-corrected chi connectivity index (χ4v) is 2.07. The summed E-state index contributed by atoms with van der Waals surface area (Å²) < 4.78 is 0. The van der Waals surface area contributed by atoms with Crippen molar-refractivity contribution in [2.45, 2.75) is 32.2 Å². The van der Waals surface area contributed by atoms with E-state index in [9.17, 15) is 4.79 Å². The lowest BCUT2D eigenvalue weighted by atomic mass is 10.1. The third-order valence-corrected chi connectivity index (χ3v) is 3.34. The number of carbonyl (C=O) groups is 1. The maximum atomic E-state index is 11.8. The van der Waals surface area contributed by atoms with Gasteiger partial charge < -0.3 is 15.5 Å². The second-order valence-electron chi connectivity index (χ2n) is 5.42. The lowest BCUT2D eigenvalue weighted by Gasteiger charge is -2.17. The molecule has 4 nitrogen and oxygen atoms in total. The molecule has 2 rings (SSSR count). The number of anilines is 2. The Labute approximate surface area is 115 Å². The van der Waals surface area contributed by atoms with Crippen LogP contribution in [0.2, 0.25) is 0 Å². The Morgan fingerprint density at radius 1 is 1.37 bits per heavy atom. The standard InChI is InChI=1S/C15H23N3O/c1-11-4-5-13(10-14(11)18(2)3)17-15(19)8-9-16-12-6-7-12/h4-5,10,12,16H,6-9H2,1-3H3,(H,17,19). The molecule has 0 bridgehead atoms. The van der Waals surface area contributed by atoms with Crippen LogP contribution in [0.3, 0.4) is 0 Å². The second-order valence-corrected chi connectivity index (χ2v) is 5.42. The molecule has 104 valence electrons. The Morgan fingerprint density at radius 3 is 2.74 bits per heavy atom. The van der Waals surface area contributed by atoms with Gasteiger partial charge in [-0.3, -0.25) is 4.79 Å². The maximum Gasteiger partial charge on any atom is 0.225 e. The predicted octanol–water partition coefficient (Wildman–Crippen LogP) is 2.14. The summed E-state index contributed by atoms with van der Waals surface area (Å²) in [7, 11) is 4.01. The van der Waals surface area contributed by atoms with Crippen molar-refractivity contribution in [2.24, 2.45) is 0 Å². The lowest BCUT2D eigenvalue weighted by molar-refractivity contribution is -0.116. The first-order chi connectivity index (χ1) is 9.06. The second kappa shape index (κ2) is 6.06. The van der Waals surface area contributed by atoms with Gasteiger partial charge in [0, 0.05) is 44.5 Å². The molecule has 0 radical (unpaired) electrons. The molecule has 1 aliphatic carbocycles. The predicted molar refractivity (Wildman–Crippen MR) is 79.8 cm³/mol. The van der Waals surface area contributed by atoms with Gasteiger partial charge >= 0.3 is 0 Å². The van der Waals surface area contributed by atoms with E-state index in [-0.39, 0.29) is 5.91 Å². The average molecular weight is 261 g/mol. The molecule has 0 unspecified atom stereocenters. The van der Waals surface area contributed by atoms with Crippen LogP contribution >= 0.6 is 0 Å². The molecular formula is C15H23N3O. The number of rotatable bonds is 6. The first-order valence-corrected chi connectivity index (χ1v) is 6.87. The molecule has 1 aromatic carbocycles. The Balaban J connectivity index is 1.86. The van der Waals surface area contributed by atoms with E-state index >= 15 is 0 Å². The van der Waals surface area contributed by atoms with Crippen molar-refractivity contribution >= 4 is 17.3 Å². The van der Waals surface area contributed by atoms with Gasteiger partial charge in [0.1, 0.15) is 0 Å². The molecule has 0 saturated heterocycles. The van der Waals surface area contributed by atoms with E-state index in [4.69, 9.17) is 0 Å². The highest BCUT2D eigenvalue weighted by Gasteiger charge is 2.20. The number of aryl methyl sites for hydroxylation is 1. The van der Waals surface area contributed by atoms with Crippen LogP contribution in [0.4, 0.5) is 11.4 Å². The van der Waals surface area contributed by atoms with Gasteiger partial charge in [0.15, 0.2) is 0 Å². The van der Waals surface area contributed by atoms with Crippen LogP contribution in [0.25, 0.3) is 0 Å². The van der Waals surface area contributed by atoms with Gasteiger partial charge in [-0.25, -0.2) is 0 Å². The van der Waals surface area contributed by atoms with E-state index in [0.29, 0.717) is 12.5 Å². The van der Waals surface area contributed by atoms with Crippen LogP contribution in [0.1, 0.15) is 24.8 Å². The van der Waals surface area contributed by atoms with Crippen molar-refractivity contribution in [2.75, 3.05) is 30.9 Å². The van der Waals surface area contributed by atoms with E-state index in [1.165, 1.54) is 18.4 Å². The number of amides is 1. The smallest absolute Gasteiger partial charge is 0.225 e. The summed E-state index contributed by atoms with van der Waals surface area (Å²) in [6.07, 6.45) is 3.04. The zero-order valence-corrected chi connectivity index (χ0v) is 12.0. The van der Waals surface area contributed by atoms with Crippen LogP contribution in [-0.4, -0.2) is 32.6 Å². The fraction of sp³-hybridized carbons (Fsp3) is 0.533. The summed E-state index contributed by atoms with van der Waals surface area (Å²) in [5.41, 5.74) is 3.21. The van der Waals surface area contributed by atoms with Gasteiger partial charge in [-0.05, 0) is 37.5 Å². The summed E-state index contributed by atoms with van der Waals surface area (Å²) in [6.45, 7) is 2.84. The largest absolute Gasteiger partial charge is 0.377 e. The van der Waals surface area contributed by atoms with Crippen molar-refractivity contribution in [3.8, 4) is 0 Å². The normalized spacial score (nSPS) is 14.3. The zero-order valence-electron chi connectivity index (χ0n) is 12.0. The topological polar surface area (TPSA) is 44.4 Å². The molecule has 0 aliphatic heterocycles. The molecule has 1 amide bonds. The summed E-state index contributed by atoms with van der Waals surface area (Å²) in [5, 5.41) is 6.30. The number of hydrogen-bond acceptors (Lipinski definition) is 3. The van der Waals surface area contributed by atoms with Gasteiger partial charge in [-0.1, -0.05) is 6.07 Å². The molecule has 0 spiro atoms. The number of carbonyl (C=O) groups excluding carboxylic acids is 1. The van der Waals surface area contributed by atoms with E-state index in [1.54, 1.807) is 0 Å². The van der Waals surface area contributed by atoms with Gasteiger partial charge in [-0.15, -0.1) is 0 Å². The van der Waals surface area contributed by atoms with Crippen molar-refractivity contribution in [3.05, 3.63) is 23.8 Å². The number of nitrogens with one attached hydrogen (secondary N) is 2. The molecular weight excluding hydrogens is 238 g/mol. The summed E-state index contributed by atoms with van der Waals surface area (Å²) >= 11 is 0. The Kier molecular flexibility index (Phi) is 4.43. The molecule has 1 saturated carbocycles. The van der Waals surface area contributed by atoms with Crippen LogP contribution in [-0.2, 0) is 4.79 Å². The van der Waals surface area contributed by atoms with Crippen molar-refractivity contribution in [1.29, 1.82) is 0 Å². The maximum absolute atomic E-state index is 11.8. The van der Waals surface area contributed by atoms with Gasteiger partial charge in [0.2, 0.25) is 5.91 Å². The molecule has 19 heavy (non-hydrogen) atoms. The molecule has 2 N–H and O–H groups in total. The van der Waals surface area contributed by atoms with Crippen LogP contribution in [0, 0.1) is 6.92 Å². The Morgan fingerprint density at radius 2 is 2.11 bits per heavy atom. The number of benzene rings is 1. The monoisotopic (exact) mass is 261 g/mol. The molecule has 0 atom stereocenters. The highest BCUT2D eigenvalue weighted by atomic mass is 16.1. The first kappa shape index (κ1) is 13.9. The van der Waals surface area contributed by atoms with E-state index in [1.807, 2.05) is 32.3 Å². The van der Waals surface area contributed by atoms with Crippen LogP contribution in [0.5, 0.6) is 0 Å². The van der Waals surface area contributed by atoms with E-state index in [0.717, 1.165) is 17.9 Å². The molecule has 4 heteroatoms. The summed E-state index contributed by atoms with van der Waals surface area (Å²) in [5.74, 6) is 0.0710. The molecule has 0 heterocycles. The fourth-order valence-electron chi connectivity index (χ4n) is 2.07. The van der Waals surface area contributed by atoms with Gasteiger partial charge in [0.05, 0.1) is 0 Å². The van der Waals surface area contributed by atoms with Crippen LogP contribution in [0.15, 0.2) is 18.2 Å². The average Bonchev–Trinajstić information content (AvgIpc) is 3.15. The number of hydrogen-bond donors (Lipinski definition) is 2. The molecule has 1 aliphatic rings. The van der Waals surface area contributed by atoms with E-state index in [2.05, 4.69) is 22.5 Å². The SMILES string of the molecule is Cc1ccc(NC(=O)CCNC2CC2)cc1N(C)C. The highest BCUT2D eigenvalue weighted by molar-refractivity contribution is 5.91. The quantitative estimate of drug-likeness (QED) is 0.824. The van der Waals surface area contributed by atoms with Crippen molar-refractivity contribution < 1.29 is 4.79 Å². The van der Waals surface area contributed by atoms with Gasteiger partial charge in [0.25, 0.3) is 0 Å². The van der Waals surface area contributed by atoms with Crippen molar-refractivity contribution in [3.63, 3.8) is 0 Å². The Hall–Kier alpha value is -1.55. The first-order valence-electron chi connectivity index (χ1n) is 6.87. The minimum absolute atomic E-state index is 0.0710. The van der Waals surface area contributed by atoms with Crippen molar-refractivity contribution in [1.82, 2.24) is 5.32 Å². The lowest BCUT2D eigenvalue weighted by Crippen LogP contribution is -2.23. The summed E-state index contributed by atoms with van der Waals surface area (Å²) in [6, 6.07) is 6.66. The number of nitrogens with zero attached hydrogens (tertiary/aromatic N) is 1. The minimum atomic E-state index is 0.0710. The minimum Gasteiger partial charge on any atom is -0.377 e. The third-order valence-electron chi connectivity index (χ3n) is 3.34. The molecule has 0 aromatic heterocycles. The Bertz CT molecular complexity index is 453. The third kappa shape index (κ3) is 4.24. The van der Waals surface area contributed by atoms with Crippen LogP contribution < -0.4 is 15.5 Å². The summed E-state index contributed by atoms with van der Waals surface area (Å²) in [4.78, 5) is 13.9.